The van der Waals surface area contributed by atoms with Gasteiger partial charge in [0, 0.05) is 30.1 Å². The van der Waals surface area contributed by atoms with Crippen molar-refractivity contribution in [2.24, 2.45) is 0 Å². The molecule has 0 aliphatic carbocycles. The summed E-state index contributed by atoms with van der Waals surface area (Å²) in [5, 5.41) is 9.13. The van der Waals surface area contributed by atoms with E-state index >= 15 is 0 Å². The van der Waals surface area contributed by atoms with Crippen molar-refractivity contribution in [2.45, 2.75) is 25.7 Å². The van der Waals surface area contributed by atoms with Gasteiger partial charge in [0.25, 0.3) is 0 Å². The minimum Gasteiger partial charge on any atom is -0.396 e. The Morgan fingerprint density at radius 2 is 2.06 bits per heavy atom. The summed E-state index contributed by atoms with van der Waals surface area (Å²) < 4.78 is 1.15. The number of halogens is 1. The van der Waals surface area contributed by atoms with Gasteiger partial charge in [-0.15, -0.1) is 0 Å². The zero-order valence-electron chi connectivity index (χ0n) is 9.62. The molecule has 1 saturated heterocycles. The predicted molar refractivity (Wildman–Crippen MR) is 71.1 cm³/mol. The number of benzene rings is 1. The van der Waals surface area contributed by atoms with Gasteiger partial charge in [0.05, 0.1) is 5.69 Å². The summed E-state index contributed by atoms with van der Waals surface area (Å²) in [6, 6.07) is 6.42. The van der Waals surface area contributed by atoms with Gasteiger partial charge in [0.1, 0.15) is 0 Å². The lowest BCUT2D eigenvalue weighted by molar-refractivity contribution is 0.273. The average Bonchev–Trinajstić information content (AvgIpc) is 2.81. The van der Waals surface area contributed by atoms with Crippen LogP contribution in [0.3, 0.4) is 0 Å². The van der Waals surface area contributed by atoms with Crippen LogP contribution in [0.1, 0.15) is 31.2 Å². The van der Waals surface area contributed by atoms with Gasteiger partial charge in [-0.25, -0.2) is 0 Å². The third kappa shape index (κ3) is 2.41. The predicted octanol–water partition coefficient (Wildman–Crippen LogP) is 3.15. The average molecular weight is 284 g/mol. The van der Waals surface area contributed by atoms with E-state index in [2.05, 4.69) is 39.0 Å². The normalized spacial score (nSPS) is 17.8. The topological polar surface area (TPSA) is 23.5 Å². The number of aliphatic hydroxyl groups is 1. The van der Waals surface area contributed by atoms with Crippen LogP contribution in [0.15, 0.2) is 22.7 Å². The van der Waals surface area contributed by atoms with Gasteiger partial charge in [-0.05, 0) is 46.5 Å². The molecule has 3 heteroatoms. The highest BCUT2D eigenvalue weighted by molar-refractivity contribution is 9.10. The van der Waals surface area contributed by atoms with Crippen molar-refractivity contribution in [3.63, 3.8) is 0 Å². The van der Waals surface area contributed by atoms with E-state index in [0.29, 0.717) is 0 Å². The van der Waals surface area contributed by atoms with E-state index < -0.39 is 0 Å². The summed E-state index contributed by atoms with van der Waals surface area (Å²) in [6.07, 6.45) is 2.59. The molecule has 1 aromatic rings. The number of rotatable bonds is 3. The molecule has 0 spiro atoms. The molecule has 1 heterocycles. The van der Waals surface area contributed by atoms with E-state index in [9.17, 15) is 0 Å². The van der Waals surface area contributed by atoms with Crippen molar-refractivity contribution in [3.8, 4) is 0 Å². The molecule has 1 aliphatic heterocycles. The standard InChI is InChI=1S/C13H18BrNO/c1-10(9-16)11-4-5-13(12(14)8-11)15-6-2-3-7-15/h4-5,8,10,16H,2-3,6-7,9H2,1H3. The zero-order chi connectivity index (χ0) is 11.5. The van der Waals surface area contributed by atoms with E-state index in [4.69, 9.17) is 5.11 Å². The van der Waals surface area contributed by atoms with Gasteiger partial charge in [-0.1, -0.05) is 13.0 Å². The summed E-state index contributed by atoms with van der Waals surface area (Å²) in [7, 11) is 0. The Balaban J connectivity index is 2.22. The summed E-state index contributed by atoms with van der Waals surface area (Å²) >= 11 is 3.63. The Kier molecular flexibility index (Phi) is 3.87. The third-order valence-corrected chi connectivity index (χ3v) is 3.90. The number of anilines is 1. The van der Waals surface area contributed by atoms with Gasteiger partial charge in [0.15, 0.2) is 0 Å². The van der Waals surface area contributed by atoms with Crippen LogP contribution in [0.4, 0.5) is 5.69 Å². The maximum atomic E-state index is 9.13. The number of aliphatic hydroxyl groups excluding tert-OH is 1. The van der Waals surface area contributed by atoms with Crippen LogP contribution < -0.4 is 4.90 Å². The fraction of sp³-hybridized carbons (Fsp3) is 0.538. The molecule has 1 aliphatic rings. The van der Waals surface area contributed by atoms with Crippen LogP contribution >= 0.6 is 15.9 Å². The lowest BCUT2D eigenvalue weighted by Gasteiger charge is -2.20. The van der Waals surface area contributed by atoms with Crippen LogP contribution in [0.25, 0.3) is 0 Å². The number of hydrogen-bond donors (Lipinski definition) is 1. The molecule has 88 valence electrons. The maximum absolute atomic E-state index is 9.13. The zero-order valence-corrected chi connectivity index (χ0v) is 11.2. The van der Waals surface area contributed by atoms with Gasteiger partial charge in [-0.2, -0.15) is 0 Å². The lowest BCUT2D eigenvalue weighted by Crippen LogP contribution is -2.18. The first-order valence-corrected chi connectivity index (χ1v) is 6.67. The number of hydrogen-bond acceptors (Lipinski definition) is 2. The molecule has 2 nitrogen and oxygen atoms in total. The van der Waals surface area contributed by atoms with Crippen LogP contribution in [0.2, 0.25) is 0 Å². The SMILES string of the molecule is CC(CO)c1ccc(N2CCCC2)c(Br)c1. The van der Waals surface area contributed by atoms with Crippen molar-refractivity contribution in [1.29, 1.82) is 0 Å². The van der Waals surface area contributed by atoms with Crippen LogP contribution in [0.5, 0.6) is 0 Å². The Bertz CT molecular complexity index is 361. The summed E-state index contributed by atoms with van der Waals surface area (Å²) in [5.41, 5.74) is 2.48. The van der Waals surface area contributed by atoms with Crippen LogP contribution in [0, 0.1) is 0 Å². The highest BCUT2D eigenvalue weighted by Crippen LogP contribution is 2.31. The van der Waals surface area contributed by atoms with Crippen LogP contribution in [-0.4, -0.2) is 24.8 Å². The van der Waals surface area contributed by atoms with E-state index in [1.165, 1.54) is 24.1 Å². The highest BCUT2D eigenvalue weighted by atomic mass is 79.9. The van der Waals surface area contributed by atoms with Crippen molar-refractivity contribution in [3.05, 3.63) is 28.2 Å². The summed E-state index contributed by atoms with van der Waals surface area (Å²) in [6.45, 7) is 4.56. The second kappa shape index (κ2) is 5.19. The largest absolute Gasteiger partial charge is 0.396 e. The van der Waals surface area contributed by atoms with Gasteiger partial charge >= 0.3 is 0 Å². The third-order valence-electron chi connectivity index (χ3n) is 3.26. The van der Waals surface area contributed by atoms with Crippen LogP contribution in [-0.2, 0) is 0 Å². The van der Waals surface area contributed by atoms with Crippen molar-refractivity contribution in [1.82, 2.24) is 0 Å². The molecule has 2 rings (SSSR count). The molecule has 0 saturated carbocycles. The monoisotopic (exact) mass is 283 g/mol. The molecule has 1 unspecified atom stereocenters. The molecule has 0 amide bonds. The molecule has 1 fully saturated rings. The minimum atomic E-state index is 0.204. The first-order chi connectivity index (χ1) is 7.72. The molecule has 0 bridgehead atoms. The smallest absolute Gasteiger partial charge is 0.0510 e. The Hall–Kier alpha value is -0.540. The maximum Gasteiger partial charge on any atom is 0.0510 e. The molecule has 1 N–H and O–H groups in total. The number of nitrogens with zero attached hydrogens (tertiary/aromatic N) is 1. The molecule has 0 aromatic heterocycles. The minimum absolute atomic E-state index is 0.204. The fourth-order valence-corrected chi connectivity index (χ4v) is 2.80. The highest BCUT2D eigenvalue weighted by Gasteiger charge is 2.15. The Morgan fingerprint density at radius 1 is 1.38 bits per heavy atom. The van der Waals surface area contributed by atoms with Gasteiger partial charge < -0.3 is 10.0 Å². The van der Waals surface area contributed by atoms with Crippen molar-refractivity contribution >= 4 is 21.6 Å². The van der Waals surface area contributed by atoms with E-state index in [-0.39, 0.29) is 12.5 Å². The summed E-state index contributed by atoms with van der Waals surface area (Å²) in [4.78, 5) is 2.41. The molecular weight excluding hydrogens is 266 g/mol. The van der Waals surface area contributed by atoms with Crippen molar-refractivity contribution in [2.75, 3.05) is 24.6 Å². The quantitative estimate of drug-likeness (QED) is 0.921. The molecule has 0 radical (unpaired) electrons. The van der Waals surface area contributed by atoms with Gasteiger partial charge in [0.2, 0.25) is 0 Å². The summed E-state index contributed by atoms with van der Waals surface area (Å²) in [5.74, 6) is 0.212. The van der Waals surface area contributed by atoms with E-state index in [1.54, 1.807) is 0 Å². The first kappa shape index (κ1) is 11.9. The first-order valence-electron chi connectivity index (χ1n) is 5.87. The second-order valence-corrected chi connectivity index (χ2v) is 5.34. The van der Waals surface area contributed by atoms with E-state index in [0.717, 1.165) is 17.6 Å². The molecule has 1 atom stereocenters. The van der Waals surface area contributed by atoms with Gasteiger partial charge in [-0.3, -0.25) is 0 Å². The lowest BCUT2D eigenvalue weighted by atomic mass is 10.0. The molecule has 16 heavy (non-hydrogen) atoms. The van der Waals surface area contributed by atoms with Crippen molar-refractivity contribution < 1.29 is 5.11 Å². The fourth-order valence-electron chi connectivity index (χ4n) is 2.15. The Labute approximate surface area is 105 Å². The van der Waals surface area contributed by atoms with E-state index in [1.807, 2.05) is 6.92 Å². The second-order valence-electron chi connectivity index (χ2n) is 4.49. The molecular formula is C13H18BrNO. The molecule has 1 aromatic carbocycles. The Morgan fingerprint density at radius 3 is 2.62 bits per heavy atom.